The number of para-hydroxylation sites is 1. The SMILES string of the molecule is CCCCc1c2c(cc(C(=O)c3ccccc3-c3nc4ccccc4s3)c1P1(=O)OCCC(N)O1)-c1ccccc1C2C(=O)NCC(F)(F)F. The molecule has 3 N–H and O–H groups in total. The van der Waals surface area contributed by atoms with Gasteiger partial charge in [0.1, 0.15) is 17.8 Å². The van der Waals surface area contributed by atoms with Gasteiger partial charge < -0.3 is 15.6 Å². The van der Waals surface area contributed by atoms with E-state index in [0.717, 1.165) is 10.2 Å². The number of nitrogens with one attached hydrogen (secondary N) is 1. The minimum atomic E-state index is -4.63. The van der Waals surface area contributed by atoms with E-state index in [9.17, 15) is 22.5 Å². The summed E-state index contributed by atoms with van der Waals surface area (Å²) in [5, 5.41) is 2.67. The molecule has 1 saturated heterocycles. The molecule has 13 heteroatoms. The maximum atomic E-state index is 15.0. The molecule has 2 heterocycles. The number of hydrogen-bond acceptors (Lipinski definition) is 8. The van der Waals surface area contributed by atoms with Gasteiger partial charge in [-0.3, -0.25) is 18.7 Å². The van der Waals surface area contributed by atoms with Gasteiger partial charge in [-0.25, -0.2) is 4.98 Å². The van der Waals surface area contributed by atoms with Crippen molar-refractivity contribution in [3.63, 3.8) is 0 Å². The highest BCUT2D eigenvalue weighted by Gasteiger charge is 2.45. The highest BCUT2D eigenvalue weighted by atomic mass is 32.1. The second kappa shape index (κ2) is 13.5. The number of unbranched alkanes of at least 4 members (excludes halogenated alkanes) is 1. The van der Waals surface area contributed by atoms with Crippen LogP contribution in [0, 0.1) is 0 Å². The zero-order valence-electron chi connectivity index (χ0n) is 27.0. The molecular weight excluding hydrogens is 686 g/mol. The van der Waals surface area contributed by atoms with E-state index in [1.807, 2.05) is 37.3 Å². The predicted octanol–water partition coefficient (Wildman–Crippen LogP) is 7.87. The van der Waals surface area contributed by atoms with Crippen molar-refractivity contribution in [3.05, 3.63) is 107 Å². The van der Waals surface area contributed by atoms with E-state index in [-0.39, 0.29) is 30.3 Å². The van der Waals surface area contributed by atoms with Crippen LogP contribution >= 0.6 is 18.9 Å². The summed E-state index contributed by atoms with van der Waals surface area (Å²) in [7, 11) is -4.32. The van der Waals surface area contributed by atoms with Crippen LogP contribution in [-0.4, -0.2) is 42.2 Å². The van der Waals surface area contributed by atoms with Gasteiger partial charge in [-0.15, -0.1) is 11.3 Å². The lowest BCUT2D eigenvalue weighted by Crippen LogP contribution is -2.38. The zero-order valence-corrected chi connectivity index (χ0v) is 28.7. The van der Waals surface area contributed by atoms with Crippen molar-refractivity contribution in [1.29, 1.82) is 0 Å². The first kappa shape index (κ1) is 34.3. The van der Waals surface area contributed by atoms with E-state index < -0.39 is 44.2 Å². The number of nitrogens with zero attached hydrogens (tertiary/aromatic N) is 1. The Bertz CT molecular complexity index is 2150. The molecule has 3 atom stereocenters. The maximum absolute atomic E-state index is 15.0. The number of ketones is 1. The molecule has 1 aromatic heterocycles. The van der Waals surface area contributed by atoms with Crippen molar-refractivity contribution in [3.8, 4) is 21.7 Å². The van der Waals surface area contributed by atoms with Crippen LogP contribution in [0.3, 0.4) is 0 Å². The Labute approximate surface area is 290 Å². The van der Waals surface area contributed by atoms with Crippen LogP contribution in [0.25, 0.3) is 31.9 Å². The number of nitrogens with two attached hydrogens (primary N) is 1. The predicted molar refractivity (Wildman–Crippen MR) is 187 cm³/mol. The highest BCUT2D eigenvalue weighted by Crippen LogP contribution is 2.56. The molecule has 1 fully saturated rings. The lowest BCUT2D eigenvalue weighted by molar-refractivity contribution is -0.138. The molecule has 5 aromatic rings. The Kier molecular flexibility index (Phi) is 9.25. The van der Waals surface area contributed by atoms with Gasteiger partial charge in [0, 0.05) is 23.1 Å². The van der Waals surface area contributed by atoms with Gasteiger partial charge in [0.05, 0.1) is 28.0 Å². The summed E-state index contributed by atoms with van der Waals surface area (Å²) in [6.07, 6.45) is -3.84. The molecule has 0 bridgehead atoms. The molecule has 258 valence electrons. The van der Waals surface area contributed by atoms with E-state index in [0.29, 0.717) is 56.8 Å². The first-order chi connectivity index (χ1) is 24.0. The molecule has 3 unspecified atom stereocenters. The smallest absolute Gasteiger partial charge is 0.346 e. The van der Waals surface area contributed by atoms with E-state index in [1.54, 1.807) is 48.5 Å². The normalized spacial score (nSPS) is 20.0. The second-order valence-corrected chi connectivity index (χ2v) is 15.2. The summed E-state index contributed by atoms with van der Waals surface area (Å²) >= 11 is 1.44. The molecule has 1 amide bonds. The summed E-state index contributed by atoms with van der Waals surface area (Å²) in [5.41, 5.74) is 10.2. The first-order valence-corrected chi connectivity index (χ1v) is 18.7. The Hall–Kier alpha value is -4.19. The molecule has 4 aromatic carbocycles. The Morgan fingerprint density at radius 3 is 2.46 bits per heavy atom. The van der Waals surface area contributed by atoms with Gasteiger partial charge in [-0.05, 0) is 58.9 Å². The molecule has 1 aliphatic carbocycles. The monoisotopic (exact) mass is 719 g/mol. The van der Waals surface area contributed by atoms with Crippen molar-refractivity contribution in [2.24, 2.45) is 5.73 Å². The van der Waals surface area contributed by atoms with Gasteiger partial charge in [-0.2, -0.15) is 13.2 Å². The fourth-order valence-corrected chi connectivity index (χ4v) is 9.90. The van der Waals surface area contributed by atoms with Crippen molar-refractivity contribution < 1.29 is 36.4 Å². The number of amides is 1. The van der Waals surface area contributed by atoms with Gasteiger partial charge in [0.25, 0.3) is 0 Å². The number of benzene rings is 4. The molecule has 1 aliphatic heterocycles. The zero-order chi connectivity index (χ0) is 35.2. The van der Waals surface area contributed by atoms with Crippen LogP contribution in [0.2, 0.25) is 0 Å². The maximum Gasteiger partial charge on any atom is 0.405 e. The number of rotatable bonds is 9. The minimum Gasteiger partial charge on any atom is -0.346 e. The number of thiazole rings is 1. The van der Waals surface area contributed by atoms with E-state index in [1.165, 1.54) is 11.3 Å². The van der Waals surface area contributed by atoms with Crippen molar-refractivity contribution in [2.45, 2.75) is 50.9 Å². The molecule has 0 radical (unpaired) electrons. The Balaban J connectivity index is 1.49. The Morgan fingerprint density at radius 1 is 1.00 bits per heavy atom. The minimum absolute atomic E-state index is 0.00556. The Morgan fingerprint density at radius 2 is 1.72 bits per heavy atom. The third-order valence-corrected chi connectivity index (χ3v) is 12.2. The average molecular weight is 720 g/mol. The fraction of sp³-hybridized carbons (Fsp3) is 0.270. The van der Waals surface area contributed by atoms with Crippen molar-refractivity contribution in [2.75, 3.05) is 13.2 Å². The van der Waals surface area contributed by atoms with Crippen molar-refractivity contribution >= 4 is 46.1 Å². The lowest BCUT2D eigenvalue weighted by atomic mass is 9.86. The van der Waals surface area contributed by atoms with E-state index >= 15 is 4.79 Å². The van der Waals surface area contributed by atoms with Crippen LogP contribution in [0.5, 0.6) is 0 Å². The van der Waals surface area contributed by atoms with Crippen LogP contribution < -0.4 is 16.4 Å². The number of hydrogen-bond donors (Lipinski definition) is 2. The van der Waals surface area contributed by atoms with Gasteiger partial charge in [0.2, 0.25) is 5.91 Å². The summed E-state index contributed by atoms with van der Waals surface area (Å²) in [5.74, 6) is -2.50. The van der Waals surface area contributed by atoms with E-state index in [2.05, 4.69) is 5.32 Å². The molecule has 2 aliphatic rings. The second-order valence-electron chi connectivity index (χ2n) is 12.3. The van der Waals surface area contributed by atoms with Gasteiger partial charge >= 0.3 is 13.8 Å². The average Bonchev–Trinajstić information content (AvgIpc) is 3.68. The number of carbonyl (C=O) groups excluding carboxylic acids is 2. The van der Waals surface area contributed by atoms with Crippen molar-refractivity contribution in [1.82, 2.24) is 10.3 Å². The molecule has 0 spiro atoms. The van der Waals surface area contributed by atoms with Crippen LogP contribution in [-0.2, 0) is 24.8 Å². The summed E-state index contributed by atoms with van der Waals surface area (Å²) in [4.78, 5) is 33.5. The fourth-order valence-electron chi connectivity index (χ4n) is 6.77. The summed E-state index contributed by atoms with van der Waals surface area (Å²) in [6.45, 7) is 0.432. The lowest BCUT2D eigenvalue weighted by Gasteiger charge is -2.31. The number of fused-ring (bicyclic) bond motifs is 4. The van der Waals surface area contributed by atoms with E-state index in [4.69, 9.17) is 19.8 Å². The molecule has 7 rings (SSSR count). The van der Waals surface area contributed by atoms with Crippen LogP contribution in [0.1, 0.15) is 64.7 Å². The first-order valence-electron chi connectivity index (χ1n) is 16.3. The third kappa shape index (κ3) is 6.31. The number of aromatic nitrogens is 1. The van der Waals surface area contributed by atoms with Gasteiger partial charge in [-0.1, -0.05) is 74.0 Å². The third-order valence-electron chi connectivity index (χ3n) is 8.95. The number of alkyl halides is 3. The quantitative estimate of drug-likeness (QED) is 0.118. The largest absolute Gasteiger partial charge is 0.405 e. The topological polar surface area (TPSA) is 121 Å². The highest BCUT2D eigenvalue weighted by molar-refractivity contribution is 7.62. The molecule has 50 heavy (non-hydrogen) atoms. The van der Waals surface area contributed by atoms with Gasteiger partial charge in [0.15, 0.2) is 5.78 Å². The molecule has 8 nitrogen and oxygen atoms in total. The summed E-state index contributed by atoms with van der Waals surface area (Å²) in [6, 6.07) is 23.2. The molecular formula is C37H33F3N3O5PS. The summed E-state index contributed by atoms with van der Waals surface area (Å²) < 4.78 is 67.6. The van der Waals surface area contributed by atoms with Crippen LogP contribution in [0.4, 0.5) is 13.2 Å². The number of carbonyl (C=O) groups is 2. The molecule has 0 saturated carbocycles. The standard InChI is InChI=1S/C37H33F3N3O5PS/c1-2-3-10-25-31-26(21-11-4-5-12-22(21)32(31)35(45)42-20-37(38,39)40)19-27(34(25)49(46)47-18-17-30(41)48-49)33(44)23-13-6-7-14-24(23)36-43-28-15-8-9-16-29(28)50-36/h4-9,11-16,19,30,32H,2-3,10,17-18,20,41H2,1H3,(H,42,45). The number of halogens is 3. The van der Waals surface area contributed by atoms with Crippen LogP contribution in [0.15, 0.2) is 78.9 Å².